The van der Waals surface area contributed by atoms with Crippen molar-refractivity contribution >= 4 is 17.5 Å². The van der Waals surface area contributed by atoms with Gasteiger partial charge in [-0.15, -0.1) is 0 Å². The zero-order valence-corrected chi connectivity index (χ0v) is 14.1. The molecule has 1 aromatic heterocycles. The van der Waals surface area contributed by atoms with E-state index in [1.54, 1.807) is 0 Å². The number of nitrogens with one attached hydrogen (secondary N) is 2. The van der Waals surface area contributed by atoms with E-state index in [1.165, 1.54) is 6.20 Å². The van der Waals surface area contributed by atoms with E-state index in [0.29, 0.717) is 18.8 Å². The Bertz CT molecular complexity index is 598. The number of aliphatic hydroxyl groups excluding tert-OH is 2. The molecule has 0 saturated heterocycles. The minimum atomic E-state index is -0.485. The average molecular weight is 351 g/mol. The molecule has 1 heterocycles. The molecule has 2 aliphatic rings. The van der Waals surface area contributed by atoms with Crippen molar-refractivity contribution < 1.29 is 15.1 Å². The van der Waals surface area contributed by atoms with Crippen LogP contribution >= 0.6 is 0 Å². The van der Waals surface area contributed by atoms with Gasteiger partial charge in [0.05, 0.1) is 17.1 Å². The summed E-state index contributed by atoms with van der Waals surface area (Å²) in [6.45, 7) is 0. The Balaban J connectivity index is 1.69. The van der Waals surface area contributed by atoms with E-state index in [9.17, 15) is 20.3 Å². The number of nitrogens with zero attached hydrogens (tertiary/aromatic N) is 3. The predicted octanol–water partition coefficient (Wildman–Crippen LogP) is 1.82. The Hall–Kier alpha value is -2.00. The van der Waals surface area contributed by atoms with Crippen molar-refractivity contribution in [1.82, 2.24) is 9.97 Å². The minimum absolute atomic E-state index is 0.0645. The van der Waals surface area contributed by atoms with Crippen LogP contribution in [0.5, 0.6) is 0 Å². The van der Waals surface area contributed by atoms with Crippen molar-refractivity contribution in [2.24, 2.45) is 0 Å². The molecule has 0 radical (unpaired) electrons. The molecule has 9 heteroatoms. The van der Waals surface area contributed by atoms with Gasteiger partial charge in [0.1, 0.15) is 6.20 Å². The smallest absolute Gasteiger partial charge is 0.329 e. The van der Waals surface area contributed by atoms with Crippen LogP contribution in [0.3, 0.4) is 0 Å². The lowest BCUT2D eigenvalue weighted by Crippen LogP contribution is -2.30. The molecule has 0 unspecified atom stereocenters. The average Bonchev–Trinajstić information content (AvgIpc) is 2.59. The zero-order valence-electron chi connectivity index (χ0n) is 14.1. The van der Waals surface area contributed by atoms with Crippen molar-refractivity contribution in [2.75, 3.05) is 10.6 Å². The SMILES string of the molecule is O=[N+]([O-])c1cnc(NC2CCC(O)CC2)nc1NC1CCC(O)CC1. The number of aliphatic hydroxyl groups is 2. The van der Waals surface area contributed by atoms with Crippen LogP contribution in [0.4, 0.5) is 17.5 Å². The third-order valence-corrected chi connectivity index (χ3v) is 5.03. The molecule has 0 amide bonds. The molecular formula is C16H25N5O4. The fraction of sp³-hybridized carbons (Fsp3) is 0.750. The third kappa shape index (κ3) is 4.76. The van der Waals surface area contributed by atoms with E-state index >= 15 is 0 Å². The fourth-order valence-corrected chi connectivity index (χ4v) is 3.50. The van der Waals surface area contributed by atoms with Gasteiger partial charge in [0.25, 0.3) is 0 Å². The maximum Gasteiger partial charge on any atom is 0.329 e. The summed E-state index contributed by atoms with van der Waals surface area (Å²) in [6, 6.07) is 0.234. The topological polar surface area (TPSA) is 133 Å². The van der Waals surface area contributed by atoms with Gasteiger partial charge in [-0.05, 0) is 51.4 Å². The highest BCUT2D eigenvalue weighted by atomic mass is 16.6. The lowest BCUT2D eigenvalue weighted by atomic mass is 9.93. The van der Waals surface area contributed by atoms with Crippen LogP contribution in [0.25, 0.3) is 0 Å². The van der Waals surface area contributed by atoms with Gasteiger partial charge < -0.3 is 20.8 Å². The molecule has 2 aliphatic carbocycles. The molecule has 0 bridgehead atoms. The molecule has 4 N–H and O–H groups in total. The summed E-state index contributed by atoms with van der Waals surface area (Å²) < 4.78 is 0. The monoisotopic (exact) mass is 351 g/mol. The van der Waals surface area contributed by atoms with Crippen LogP contribution in [0.2, 0.25) is 0 Å². The van der Waals surface area contributed by atoms with Gasteiger partial charge in [-0.2, -0.15) is 4.98 Å². The predicted molar refractivity (Wildman–Crippen MR) is 92.5 cm³/mol. The van der Waals surface area contributed by atoms with E-state index < -0.39 is 4.92 Å². The van der Waals surface area contributed by atoms with E-state index in [4.69, 9.17) is 0 Å². The van der Waals surface area contributed by atoms with Crippen LogP contribution in [0.15, 0.2) is 6.20 Å². The Morgan fingerprint density at radius 2 is 1.48 bits per heavy atom. The molecule has 9 nitrogen and oxygen atoms in total. The van der Waals surface area contributed by atoms with Crippen LogP contribution in [-0.2, 0) is 0 Å². The van der Waals surface area contributed by atoms with Gasteiger partial charge in [0.2, 0.25) is 11.8 Å². The van der Waals surface area contributed by atoms with Crippen LogP contribution in [0, 0.1) is 10.1 Å². The fourth-order valence-electron chi connectivity index (χ4n) is 3.50. The Labute approximate surface area is 146 Å². The molecule has 0 aliphatic heterocycles. The second kappa shape index (κ2) is 7.92. The molecule has 0 aromatic carbocycles. The number of hydrogen-bond donors (Lipinski definition) is 4. The lowest BCUT2D eigenvalue weighted by Gasteiger charge is -2.27. The zero-order chi connectivity index (χ0) is 17.8. The normalized spacial score (nSPS) is 29.8. The Morgan fingerprint density at radius 1 is 0.960 bits per heavy atom. The number of rotatable bonds is 5. The van der Waals surface area contributed by atoms with Gasteiger partial charge in [0.15, 0.2) is 0 Å². The van der Waals surface area contributed by atoms with Crippen LogP contribution in [-0.4, -0.2) is 49.4 Å². The first-order chi connectivity index (χ1) is 12.0. The molecule has 3 rings (SSSR count). The first kappa shape index (κ1) is 17.8. The number of anilines is 2. The summed E-state index contributed by atoms with van der Waals surface area (Å²) in [4.78, 5) is 19.2. The lowest BCUT2D eigenvalue weighted by molar-refractivity contribution is -0.384. The highest BCUT2D eigenvalue weighted by Crippen LogP contribution is 2.28. The number of nitro groups is 1. The van der Waals surface area contributed by atoms with Crippen molar-refractivity contribution in [3.05, 3.63) is 16.3 Å². The summed E-state index contributed by atoms with van der Waals surface area (Å²) in [5, 5.41) is 36.8. The van der Waals surface area contributed by atoms with Gasteiger partial charge in [-0.25, -0.2) is 4.98 Å². The first-order valence-corrected chi connectivity index (χ1v) is 8.92. The summed E-state index contributed by atoms with van der Waals surface area (Å²) in [7, 11) is 0. The first-order valence-electron chi connectivity index (χ1n) is 8.92. The molecule has 25 heavy (non-hydrogen) atoms. The van der Waals surface area contributed by atoms with E-state index in [2.05, 4.69) is 20.6 Å². The molecule has 0 spiro atoms. The largest absolute Gasteiger partial charge is 0.393 e. The minimum Gasteiger partial charge on any atom is -0.393 e. The van der Waals surface area contributed by atoms with Crippen LogP contribution < -0.4 is 10.6 Å². The van der Waals surface area contributed by atoms with Crippen LogP contribution in [0.1, 0.15) is 51.4 Å². The summed E-state index contributed by atoms with van der Waals surface area (Å²) in [5.74, 6) is 0.588. The summed E-state index contributed by atoms with van der Waals surface area (Å²) in [5.41, 5.74) is -0.143. The van der Waals surface area contributed by atoms with E-state index in [-0.39, 0.29) is 35.8 Å². The second-order valence-electron chi connectivity index (χ2n) is 6.98. The van der Waals surface area contributed by atoms with Gasteiger partial charge in [-0.1, -0.05) is 0 Å². The van der Waals surface area contributed by atoms with E-state index in [0.717, 1.165) is 38.5 Å². The molecule has 0 atom stereocenters. The summed E-state index contributed by atoms with van der Waals surface area (Å²) >= 11 is 0. The molecule has 2 fully saturated rings. The van der Waals surface area contributed by atoms with Crippen molar-refractivity contribution in [2.45, 2.75) is 75.7 Å². The van der Waals surface area contributed by atoms with Gasteiger partial charge >= 0.3 is 5.69 Å². The Kier molecular flexibility index (Phi) is 5.64. The van der Waals surface area contributed by atoms with Crippen molar-refractivity contribution in [1.29, 1.82) is 0 Å². The maximum absolute atomic E-state index is 11.3. The van der Waals surface area contributed by atoms with Crippen molar-refractivity contribution in [3.63, 3.8) is 0 Å². The molecule has 138 valence electrons. The molecule has 2 saturated carbocycles. The quantitative estimate of drug-likeness (QED) is 0.466. The van der Waals surface area contributed by atoms with Crippen molar-refractivity contribution in [3.8, 4) is 0 Å². The maximum atomic E-state index is 11.3. The van der Waals surface area contributed by atoms with Gasteiger partial charge in [-0.3, -0.25) is 10.1 Å². The highest BCUT2D eigenvalue weighted by molar-refractivity contribution is 5.57. The third-order valence-electron chi connectivity index (χ3n) is 5.03. The highest BCUT2D eigenvalue weighted by Gasteiger charge is 2.25. The number of aromatic nitrogens is 2. The summed E-state index contributed by atoms with van der Waals surface area (Å²) in [6.07, 6.45) is 6.71. The molecule has 1 aromatic rings. The van der Waals surface area contributed by atoms with Gasteiger partial charge in [0, 0.05) is 12.1 Å². The number of hydrogen-bond acceptors (Lipinski definition) is 8. The standard InChI is InChI=1S/C16H25N5O4/c22-12-5-1-10(2-6-12)18-15-14(21(24)25)9-17-16(20-15)19-11-3-7-13(23)8-4-11/h9-13,22-23H,1-8H2,(H2,17,18,19,20). The molecular weight excluding hydrogens is 326 g/mol. The Morgan fingerprint density at radius 3 is 2.00 bits per heavy atom. The second-order valence-corrected chi connectivity index (χ2v) is 6.98. The van der Waals surface area contributed by atoms with E-state index in [1.807, 2.05) is 0 Å².